The summed E-state index contributed by atoms with van der Waals surface area (Å²) in [5.74, 6) is -0.194. The summed E-state index contributed by atoms with van der Waals surface area (Å²) < 4.78 is 0. The van der Waals surface area contributed by atoms with Crippen LogP contribution in [0.3, 0.4) is 0 Å². The molecule has 0 fully saturated rings. The van der Waals surface area contributed by atoms with Gasteiger partial charge in [-0.15, -0.1) is 0 Å². The van der Waals surface area contributed by atoms with Gasteiger partial charge in [0.2, 0.25) is 11.8 Å². The Labute approximate surface area is 104 Å². The number of rotatable bonds is 9. The molecule has 0 saturated carbocycles. The maximum absolute atomic E-state index is 11.5. The first-order valence-electron chi connectivity index (χ1n) is 6.39. The molecule has 100 valence electrons. The second-order valence-electron chi connectivity index (χ2n) is 4.14. The van der Waals surface area contributed by atoms with Gasteiger partial charge >= 0.3 is 0 Å². The highest BCUT2D eigenvalue weighted by Crippen LogP contribution is 2.02. The predicted molar refractivity (Wildman–Crippen MR) is 68.4 cm³/mol. The molecule has 2 amide bonds. The molecule has 0 aromatic rings. The number of likely N-dealkylation sites (N-methyl/N-ethyl adjacent to an activating group) is 1. The van der Waals surface area contributed by atoms with Crippen LogP contribution in [0.1, 0.15) is 46.0 Å². The van der Waals surface area contributed by atoms with Crippen LogP contribution >= 0.6 is 0 Å². The van der Waals surface area contributed by atoms with Crippen LogP contribution in [-0.2, 0) is 9.59 Å². The molecule has 0 bridgehead atoms. The fraction of sp³-hybridized carbons (Fsp3) is 0.833. The average Bonchev–Trinajstić information content (AvgIpc) is 2.29. The number of carbonyl (C=O) groups is 2. The largest absolute Gasteiger partial charge is 0.355 e. The Morgan fingerprint density at radius 1 is 1.18 bits per heavy atom. The molecule has 0 aliphatic rings. The lowest BCUT2D eigenvalue weighted by Gasteiger charge is -2.13. The van der Waals surface area contributed by atoms with Crippen molar-refractivity contribution in [2.75, 3.05) is 13.1 Å². The smallest absolute Gasteiger partial charge is 0.242 e. The monoisotopic (exact) mass is 243 g/mol. The molecule has 17 heavy (non-hydrogen) atoms. The standard InChI is InChI=1S/C12H25N3O2/c1-3-14-12(17)10(2)15-11(16)8-6-4-5-7-9-13/h10H,3-9,13H2,1-2H3,(H,14,17)(H,15,16). The lowest BCUT2D eigenvalue weighted by Crippen LogP contribution is -2.44. The van der Waals surface area contributed by atoms with Crippen LogP contribution in [-0.4, -0.2) is 30.9 Å². The number of amides is 2. The molecule has 5 nitrogen and oxygen atoms in total. The normalized spacial score (nSPS) is 11.9. The van der Waals surface area contributed by atoms with Crippen LogP contribution < -0.4 is 16.4 Å². The van der Waals surface area contributed by atoms with Gasteiger partial charge in [0.25, 0.3) is 0 Å². The van der Waals surface area contributed by atoms with Gasteiger partial charge in [-0.1, -0.05) is 12.8 Å². The van der Waals surface area contributed by atoms with E-state index in [-0.39, 0.29) is 11.8 Å². The third-order valence-corrected chi connectivity index (χ3v) is 2.48. The van der Waals surface area contributed by atoms with Crippen molar-refractivity contribution >= 4 is 11.8 Å². The topological polar surface area (TPSA) is 84.2 Å². The molecule has 0 spiro atoms. The van der Waals surface area contributed by atoms with Crippen LogP contribution in [0.4, 0.5) is 0 Å². The molecule has 4 N–H and O–H groups in total. The van der Waals surface area contributed by atoms with E-state index in [1.54, 1.807) is 6.92 Å². The molecule has 0 aliphatic carbocycles. The number of nitrogens with one attached hydrogen (secondary N) is 2. The summed E-state index contributed by atoms with van der Waals surface area (Å²) >= 11 is 0. The van der Waals surface area contributed by atoms with Crippen molar-refractivity contribution < 1.29 is 9.59 Å². The third-order valence-electron chi connectivity index (χ3n) is 2.48. The molecule has 0 radical (unpaired) electrons. The minimum absolute atomic E-state index is 0.0588. The van der Waals surface area contributed by atoms with E-state index in [1.807, 2.05) is 6.92 Å². The highest BCUT2D eigenvalue weighted by atomic mass is 16.2. The van der Waals surface area contributed by atoms with Gasteiger partial charge in [-0.05, 0) is 33.2 Å². The zero-order chi connectivity index (χ0) is 13.1. The van der Waals surface area contributed by atoms with E-state index in [4.69, 9.17) is 5.73 Å². The second-order valence-corrected chi connectivity index (χ2v) is 4.14. The summed E-state index contributed by atoms with van der Waals surface area (Å²) in [4.78, 5) is 22.8. The van der Waals surface area contributed by atoms with Crippen molar-refractivity contribution in [1.82, 2.24) is 10.6 Å². The molecule has 1 unspecified atom stereocenters. The fourth-order valence-electron chi connectivity index (χ4n) is 1.49. The summed E-state index contributed by atoms with van der Waals surface area (Å²) in [6.07, 6.45) is 4.43. The molecule has 0 aromatic carbocycles. The van der Waals surface area contributed by atoms with Crippen LogP contribution in [0.15, 0.2) is 0 Å². The lowest BCUT2D eigenvalue weighted by atomic mass is 10.1. The zero-order valence-electron chi connectivity index (χ0n) is 10.9. The van der Waals surface area contributed by atoms with Crippen molar-refractivity contribution in [2.45, 2.75) is 52.0 Å². The Bertz CT molecular complexity index is 232. The lowest BCUT2D eigenvalue weighted by molar-refractivity contribution is -0.128. The Hall–Kier alpha value is -1.10. The minimum Gasteiger partial charge on any atom is -0.355 e. The summed E-state index contributed by atoms with van der Waals surface area (Å²) in [7, 11) is 0. The average molecular weight is 243 g/mol. The number of nitrogens with two attached hydrogens (primary N) is 1. The van der Waals surface area contributed by atoms with E-state index < -0.39 is 6.04 Å². The van der Waals surface area contributed by atoms with Gasteiger partial charge in [-0.2, -0.15) is 0 Å². The minimum atomic E-state index is -0.452. The van der Waals surface area contributed by atoms with Gasteiger partial charge in [-0.3, -0.25) is 9.59 Å². The van der Waals surface area contributed by atoms with E-state index in [9.17, 15) is 9.59 Å². The first-order chi connectivity index (χ1) is 8.11. The number of carbonyl (C=O) groups excluding carboxylic acids is 2. The molecule has 0 heterocycles. The molecule has 0 aliphatic heterocycles. The maximum atomic E-state index is 11.5. The van der Waals surface area contributed by atoms with E-state index in [1.165, 1.54) is 0 Å². The predicted octanol–water partition coefficient (Wildman–Crippen LogP) is 0.536. The van der Waals surface area contributed by atoms with E-state index in [0.717, 1.165) is 25.7 Å². The Morgan fingerprint density at radius 3 is 2.41 bits per heavy atom. The molecule has 0 rings (SSSR count). The molecule has 5 heteroatoms. The van der Waals surface area contributed by atoms with E-state index in [0.29, 0.717) is 19.5 Å². The van der Waals surface area contributed by atoms with Gasteiger partial charge in [0.15, 0.2) is 0 Å². The first-order valence-corrected chi connectivity index (χ1v) is 6.39. The van der Waals surface area contributed by atoms with Crippen molar-refractivity contribution in [1.29, 1.82) is 0 Å². The summed E-state index contributed by atoms with van der Waals surface area (Å²) in [5.41, 5.74) is 5.37. The highest BCUT2D eigenvalue weighted by molar-refractivity contribution is 5.87. The Kier molecular flexibility index (Phi) is 9.43. The van der Waals surface area contributed by atoms with Crippen molar-refractivity contribution in [3.8, 4) is 0 Å². The zero-order valence-corrected chi connectivity index (χ0v) is 10.9. The van der Waals surface area contributed by atoms with Gasteiger partial charge in [0.1, 0.15) is 6.04 Å². The van der Waals surface area contributed by atoms with Crippen molar-refractivity contribution in [3.63, 3.8) is 0 Å². The molecular formula is C12H25N3O2. The molecule has 1 atom stereocenters. The van der Waals surface area contributed by atoms with E-state index in [2.05, 4.69) is 10.6 Å². The Morgan fingerprint density at radius 2 is 1.82 bits per heavy atom. The highest BCUT2D eigenvalue weighted by Gasteiger charge is 2.13. The van der Waals surface area contributed by atoms with Crippen molar-refractivity contribution in [2.24, 2.45) is 5.73 Å². The summed E-state index contributed by atoms with van der Waals surface area (Å²) in [5, 5.41) is 5.35. The molecular weight excluding hydrogens is 218 g/mol. The summed E-state index contributed by atoms with van der Waals surface area (Å²) in [6.45, 7) is 4.83. The molecule has 0 aromatic heterocycles. The fourth-order valence-corrected chi connectivity index (χ4v) is 1.49. The molecule has 0 saturated heterocycles. The SMILES string of the molecule is CCNC(=O)C(C)NC(=O)CCCCCCN. The maximum Gasteiger partial charge on any atom is 0.242 e. The van der Waals surface area contributed by atoms with Crippen LogP contribution in [0, 0.1) is 0 Å². The number of hydrogen-bond donors (Lipinski definition) is 3. The quantitative estimate of drug-likeness (QED) is 0.517. The van der Waals surface area contributed by atoms with E-state index >= 15 is 0 Å². The van der Waals surface area contributed by atoms with Gasteiger partial charge in [-0.25, -0.2) is 0 Å². The number of hydrogen-bond acceptors (Lipinski definition) is 3. The Balaban J connectivity index is 3.60. The second kappa shape index (κ2) is 10.1. The van der Waals surface area contributed by atoms with Crippen LogP contribution in [0.5, 0.6) is 0 Å². The van der Waals surface area contributed by atoms with Gasteiger partial charge < -0.3 is 16.4 Å². The van der Waals surface area contributed by atoms with Crippen LogP contribution in [0.2, 0.25) is 0 Å². The third kappa shape index (κ3) is 8.68. The van der Waals surface area contributed by atoms with Gasteiger partial charge in [0, 0.05) is 13.0 Å². The number of unbranched alkanes of at least 4 members (excludes halogenated alkanes) is 3. The van der Waals surface area contributed by atoms with Crippen LogP contribution in [0.25, 0.3) is 0 Å². The summed E-state index contributed by atoms with van der Waals surface area (Å²) in [6, 6.07) is -0.452. The first kappa shape index (κ1) is 15.9. The van der Waals surface area contributed by atoms with Gasteiger partial charge in [0.05, 0.1) is 0 Å². The van der Waals surface area contributed by atoms with Crippen molar-refractivity contribution in [3.05, 3.63) is 0 Å².